The Morgan fingerprint density at radius 1 is 1.22 bits per heavy atom. The van der Waals surface area contributed by atoms with Crippen molar-refractivity contribution < 1.29 is 13.9 Å². The van der Waals surface area contributed by atoms with Crippen molar-refractivity contribution >= 4 is 18.3 Å². The van der Waals surface area contributed by atoms with E-state index in [2.05, 4.69) is 15.6 Å². The molecule has 0 atom stereocenters. The molecule has 0 saturated carbocycles. The quantitative estimate of drug-likeness (QED) is 0.679. The number of carbonyl (C=O) groups excluding carboxylic acids is 1. The molecule has 23 heavy (non-hydrogen) atoms. The monoisotopic (exact) mass is 339 g/mol. The maximum atomic E-state index is 11.8. The summed E-state index contributed by atoms with van der Waals surface area (Å²) in [6, 6.07) is 9.61. The Bertz CT molecular complexity index is 575. The molecular weight excluding hydrogens is 318 g/mol. The lowest BCUT2D eigenvalue weighted by Gasteiger charge is -2.05. The Kier molecular flexibility index (Phi) is 8.97. The van der Waals surface area contributed by atoms with E-state index in [0.29, 0.717) is 31.3 Å². The number of hydrogen-bond donors (Lipinski definition) is 2. The summed E-state index contributed by atoms with van der Waals surface area (Å²) in [5.41, 5.74) is 1.53. The summed E-state index contributed by atoms with van der Waals surface area (Å²) in [6.45, 7) is 2.72. The van der Waals surface area contributed by atoms with Gasteiger partial charge in [-0.2, -0.15) is 0 Å². The highest BCUT2D eigenvalue weighted by Gasteiger charge is 2.09. The Morgan fingerprint density at radius 3 is 2.74 bits per heavy atom. The first-order valence-corrected chi connectivity index (χ1v) is 7.26. The van der Waals surface area contributed by atoms with E-state index in [-0.39, 0.29) is 24.7 Å². The van der Waals surface area contributed by atoms with E-state index in [1.807, 2.05) is 30.3 Å². The molecule has 126 valence electrons. The summed E-state index contributed by atoms with van der Waals surface area (Å²) >= 11 is 0. The normalized spacial score (nSPS) is 10.1. The van der Waals surface area contributed by atoms with E-state index in [9.17, 15) is 4.79 Å². The molecule has 0 fully saturated rings. The topological polar surface area (TPSA) is 76.4 Å². The van der Waals surface area contributed by atoms with E-state index in [4.69, 9.17) is 9.15 Å². The molecule has 0 radical (unpaired) electrons. The van der Waals surface area contributed by atoms with Crippen molar-refractivity contribution in [2.75, 3.05) is 33.4 Å². The van der Waals surface area contributed by atoms with Gasteiger partial charge in [-0.3, -0.25) is 4.79 Å². The summed E-state index contributed by atoms with van der Waals surface area (Å²) in [6.07, 6.45) is 1.74. The van der Waals surface area contributed by atoms with Crippen LogP contribution in [0.5, 0.6) is 0 Å². The molecular formula is C16H22ClN3O3. The van der Waals surface area contributed by atoms with Crippen LogP contribution in [0.1, 0.15) is 5.69 Å². The Hall–Kier alpha value is -1.89. The van der Waals surface area contributed by atoms with Crippen molar-refractivity contribution in [1.82, 2.24) is 15.6 Å². The fraction of sp³-hybridized carbons (Fsp3) is 0.375. The SMILES string of the molecule is COCCNCCNC(=O)Cc1coc(-c2ccccc2)n1.Cl. The molecule has 0 unspecified atom stereocenters. The van der Waals surface area contributed by atoms with Crippen molar-refractivity contribution in [1.29, 1.82) is 0 Å². The average Bonchev–Trinajstić information content (AvgIpc) is 3.00. The van der Waals surface area contributed by atoms with Gasteiger partial charge >= 0.3 is 0 Å². The van der Waals surface area contributed by atoms with Crippen LogP contribution in [0, 0.1) is 0 Å². The molecule has 2 N–H and O–H groups in total. The summed E-state index contributed by atoms with van der Waals surface area (Å²) in [5.74, 6) is 0.464. The molecule has 0 bridgehead atoms. The van der Waals surface area contributed by atoms with Gasteiger partial charge in [0.15, 0.2) is 0 Å². The van der Waals surface area contributed by atoms with Gasteiger partial charge in [0.1, 0.15) is 6.26 Å². The molecule has 1 aromatic heterocycles. The molecule has 1 heterocycles. The third-order valence-corrected chi connectivity index (χ3v) is 3.02. The Balaban J connectivity index is 0.00000264. The van der Waals surface area contributed by atoms with Crippen LogP contribution in [0.15, 0.2) is 41.0 Å². The van der Waals surface area contributed by atoms with Gasteiger partial charge in [-0.1, -0.05) is 18.2 Å². The van der Waals surface area contributed by atoms with Crippen molar-refractivity contribution in [3.63, 3.8) is 0 Å². The maximum Gasteiger partial charge on any atom is 0.226 e. The molecule has 0 aliphatic carbocycles. The Labute approximate surface area is 142 Å². The number of nitrogens with zero attached hydrogens (tertiary/aromatic N) is 1. The zero-order valence-corrected chi connectivity index (χ0v) is 13.9. The third-order valence-electron chi connectivity index (χ3n) is 3.02. The number of oxazole rings is 1. The first-order chi connectivity index (χ1) is 10.8. The van der Waals surface area contributed by atoms with E-state index >= 15 is 0 Å². The van der Waals surface area contributed by atoms with E-state index < -0.39 is 0 Å². The number of methoxy groups -OCH3 is 1. The minimum atomic E-state index is -0.0681. The highest BCUT2D eigenvalue weighted by molar-refractivity contribution is 5.85. The number of carbonyl (C=O) groups is 1. The number of hydrogen-bond acceptors (Lipinski definition) is 5. The molecule has 6 nitrogen and oxygen atoms in total. The van der Waals surface area contributed by atoms with Gasteiger partial charge < -0.3 is 19.8 Å². The molecule has 0 aliphatic rings. The number of ether oxygens (including phenoxy) is 1. The van der Waals surface area contributed by atoms with Gasteiger partial charge in [0.05, 0.1) is 18.7 Å². The average molecular weight is 340 g/mol. The number of amides is 1. The van der Waals surface area contributed by atoms with Gasteiger partial charge in [0, 0.05) is 32.3 Å². The van der Waals surface area contributed by atoms with Crippen LogP contribution in [-0.4, -0.2) is 44.2 Å². The number of nitrogens with one attached hydrogen (secondary N) is 2. The van der Waals surface area contributed by atoms with Crippen LogP contribution in [0.25, 0.3) is 11.5 Å². The minimum Gasteiger partial charge on any atom is -0.444 e. The summed E-state index contributed by atoms with van der Waals surface area (Å²) in [4.78, 5) is 16.1. The minimum absolute atomic E-state index is 0. The fourth-order valence-electron chi connectivity index (χ4n) is 1.92. The molecule has 0 saturated heterocycles. The second kappa shape index (κ2) is 10.8. The number of benzene rings is 1. The van der Waals surface area contributed by atoms with Crippen molar-refractivity contribution in [2.24, 2.45) is 0 Å². The number of rotatable bonds is 9. The first kappa shape index (κ1) is 19.2. The summed E-state index contributed by atoms with van der Waals surface area (Å²) in [5, 5.41) is 5.99. The zero-order valence-electron chi connectivity index (χ0n) is 13.1. The highest BCUT2D eigenvalue weighted by atomic mass is 35.5. The fourth-order valence-corrected chi connectivity index (χ4v) is 1.92. The molecule has 1 amide bonds. The third kappa shape index (κ3) is 6.81. The smallest absolute Gasteiger partial charge is 0.226 e. The van der Waals surface area contributed by atoms with Gasteiger partial charge in [-0.15, -0.1) is 12.4 Å². The van der Waals surface area contributed by atoms with Crippen LogP contribution in [0.2, 0.25) is 0 Å². The molecule has 2 rings (SSSR count). The molecule has 7 heteroatoms. The van der Waals surface area contributed by atoms with Gasteiger partial charge in [-0.05, 0) is 12.1 Å². The second-order valence-electron chi connectivity index (χ2n) is 4.78. The molecule has 0 spiro atoms. The predicted octanol–water partition coefficient (Wildman–Crippen LogP) is 1.66. The molecule has 1 aromatic carbocycles. The maximum absolute atomic E-state index is 11.8. The standard InChI is InChI=1S/C16H21N3O3.ClH/c1-21-10-9-17-7-8-18-15(20)11-14-12-22-16(19-14)13-5-3-2-4-6-13;/h2-6,12,17H,7-11H2,1H3,(H,18,20);1H. The van der Waals surface area contributed by atoms with Gasteiger partial charge in [0.2, 0.25) is 11.8 Å². The summed E-state index contributed by atoms with van der Waals surface area (Å²) in [7, 11) is 1.66. The second-order valence-corrected chi connectivity index (χ2v) is 4.78. The van der Waals surface area contributed by atoms with E-state index in [0.717, 1.165) is 12.1 Å². The summed E-state index contributed by atoms with van der Waals surface area (Å²) < 4.78 is 10.3. The highest BCUT2D eigenvalue weighted by Crippen LogP contribution is 2.17. The predicted molar refractivity (Wildman–Crippen MR) is 90.6 cm³/mol. The van der Waals surface area contributed by atoms with Crippen LogP contribution in [0.3, 0.4) is 0 Å². The van der Waals surface area contributed by atoms with Crippen LogP contribution in [-0.2, 0) is 16.0 Å². The lowest BCUT2D eigenvalue weighted by Crippen LogP contribution is -2.33. The zero-order chi connectivity index (χ0) is 15.6. The van der Waals surface area contributed by atoms with Crippen LogP contribution < -0.4 is 10.6 Å². The van der Waals surface area contributed by atoms with Crippen molar-refractivity contribution in [2.45, 2.75) is 6.42 Å². The molecule has 2 aromatic rings. The Morgan fingerprint density at radius 2 is 2.00 bits per heavy atom. The largest absolute Gasteiger partial charge is 0.444 e. The lowest BCUT2D eigenvalue weighted by molar-refractivity contribution is -0.120. The van der Waals surface area contributed by atoms with Crippen LogP contribution >= 0.6 is 12.4 Å². The van der Waals surface area contributed by atoms with Gasteiger partial charge in [-0.25, -0.2) is 4.98 Å². The van der Waals surface area contributed by atoms with Gasteiger partial charge in [0.25, 0.3) is 0 Å². The number of aromatic nitrogens is 1. The molecule has 0 aliphatic heterocycles. The van der Waals surface area contributed by atoms with E-state index in [1.165, 1.54) is 6.26 Å². The number of halogens is 1. The van der Waals surface area contributed by atoms with Crippen molar-refractivity contribution in [3.8, 4) is 11.5 Å². The van der Waals surface area contributed by atoms with Crippen LogP contribution in [0.4, 0.5) is 0 Å². The van der Waals surface area contributed by atoms with Crippen molar-refractivity contribution in [3.05, 3.63) is 42.3 Å². The van der Waals surface area contributed by atoms with E-state index in [1.54, 1.807) is 7.11 Å². The lowest BCUT2D eigenvalue weighted by atomic mass is 10.2. The first-order valence-electron chi connectivity index (χ1n) is 7.26.